The Labute approximate surface area is 144 Å². The fourth-order valence-corrected chi connectivity index (χ4v) is 4.37. The van der Waals surface area contributed by atoms with Gasteiger partial charge in [-0.2, -0.15) is 0 Å². The van der Waals surface area contributed by atoms with Crippen molar-refractivity contribution < 1.29 is 4.79 Å². The summed E-state index contributed by atoms with van der Waals surface area (Å²) in [7, 11) is 1.99. The van der Waals surface area contributed by atoms with Crippen LogP contribution in [0.3, 0.4) is 0 Å². The van der Waals surface area contributed by atoms with Crippen LogP contribution < -0.4 is 5.32 Å². The van der Waals surface area contributed by atoms with Gasteiger partial charge in [-0.05, 0) is 53.4 Å². The number of amides is 1. The molecule has 23 heavy (non-hydrogen) atoms. The van der Waals surface area contributed by atoms with Crippen molar-refractivity contribution in [2.75, 3.05) is 13.6 Å². The van der Waals surface area contributed by atoms with Crippen LogP contribution in [0.2, 0.25) is 0 Å². The van der Waals surface area contributed by atoms with Gasteiger partial charge in [0.15, 0.2) is 0 Å². The molecule has 1 amide bonds. The summed E-state index contributed by atoms with van der Waals surface area (Å²) in [5.41, 5.74) is 2.53. The minimum absolute atomic E-state index is 0.0693. The first-order chi connectivity index (χ1) is 11.1. The molecular weight excluding hydrogens is 324 g/mol. The highest BCUT2D eigenvalue weighted by atomic mass is 32.1. The fourth-order valence-electron chi connectivity index (χ4n) is 2.57. The standard InChI is InChI=1S/C18H20N2OS2/c1-13-7-8-22-17(13)9-19-18(21)11-20(2)10-14-12-23-16-6-4-3-5-15(14)16/h3-8,12H,9-11H2,1-2H3,(H,19,21). The molecule has 2 aromatic heterocycles. The summed E-state index contributed by atoms with van der Waals surface area (Å²) in [6.07, 6.45) is 0. The summed E-state index contributed by atoms with van der Waals surface area (Å²) in [6.45, 7) is 3.90. The Kier molecular flexibility index (Phi) is 5.10. The van der Waals surface area contributed by atoms with E-state index in [9.17, 15) is 4.79 Å². The van der Waals surface area contributed by atoms with Crippen LogP contribution in [0, 0.1) is 6.92 Å². The Morgan fingerprint density at radius 2 is 2.04 bits per heavy atom. The number of aryl methyl sites for hydroxylation is 1. The van der Waals surface area contributed by atoms with E-state index in [4.69, 9.17) is 0 Å². The lowest BCUT2D eigenvalue weighted by atomic mass is 10.2. The fraction of sp³-hybridized carbons (Fsp3) is 0.278. The molecule has 120 valence electrons. The van der Waals surface area contributed by atoms with Crippen LogP contribution in [0.1, 0.15) is 16.0 Å². The third-order valence-corrected chi connectivity index (χ3v) is 5.86. The molecule has 0 unspecified atom stereocenters. The molecule has 3 rings (SSSR count). The summed E-state index contributed by atoms with van der Waals surface area (Å²) in [4.78, 5) is 15.4. The number of nitrogens with one attached hydrogen (secondary N) is 1. The van der Waals surface area contributed by atoms with Gasteiger partial charge in [0.1, 0.15) is 0 Å². The maximum absolute atomic E-state index is 12.1. The number of hydrogen-bond acceptors (Lipinski definition) is 4. The van der Waals surface area contributed by atoms with Gasteiger partial charge in [-0.25, -0.2) is 0 Å². The summed E-state index contributed by atoms with van der Waals surface area (Å²) >= 11 is 3.45. The van der Waals surface area contributed by atoms with E-state index in [1.165, 1.54) is 26.1 Å². The van der Waals surface area contributed by atoms with E-state index >= 15 is 0 Å². The van der Waals surface area contributed by atoms with Crippen LogP contribution in [0.25, 0.3) is 10.1 Å². The van der Waals surface area contributed by atoms with E-state index in [2.05, 4.69) is 58.2 Å². The van der Waals surface area contributed by atoms with Gasteiger partial charge in [0.05, 0.1) is 13.1 Å². The maximum atomic E-state index is 12.1. The molecule has 3 aromatic rings. The van der Waals surface area contributed by atoms with E-state index in [1.807, 2.05) is 7.05 Å². The molecule has 2 heterocycles. The summed E-state index contributed by atoms with van der Waals surface area (Å²) in [6, 6.07) is 10.5. The third kappa shape index (κ3) is 3.99. The Morgan fingerprint density at radius 3 is 2.83 bits per heavy atom. The van der Waals surface area contributed by atoms with Crippen LogP contribution in [0.15, 0.2) is 41.1 Å². The Hall–Kier alpha value is -1.69. The maximum Gasteiger partial charge on any atom is 0.234 e. The lowest BCUT2D eigenvalue weighted by Crippen LogP contribution is -2.34. The lowest BCUT2D eigenvalue weighted by molar-refractivity contribution is -0.122. The van der Waals surface area contributed by atoms with Crippen molar-refractivity contribution in [3.63, 3.8) is 0 Å². The van der Waals surface area contributed by atoms with Crippen molar-refractivity contribution in [1.29, 1.82) is 0 Å². The van der Waals surface area contributed by atoms with Crippen molar-refractivity contribution in [3.05, 3.63) is 57.1 Å². The van der Waals surface area contributed by atoms with E-state index in [0.717, 1.165) is 6.54 Å². The number of nitrogens with zero attached hydrogens (tertiary/aromatic N) is 1. The molecule has 0 saturated heterocycles. The van der Waals surface area contributed by atoms with Crippen LogP contribution in [0.4, 0.5) is 0 Å². The second-order valence-electron chi connectivity index (χ2n) is 5.73. The first-order valence-electron chi connectivity index (χ1n) is 7.57. The molecule has 0 fully saturated rings. The molecule has 0 aliphatic rings. The smallest absolute Gasteiger partial charge is 0.234 e. The number of fused-ring (bicyclic) bond motifs is 1. The normalized spacial score (nSPS) is 11.3. The number of hydrogen-bond donors (Lipinski definition) is 1. The van der Waals surface area contributed by atoms with Gasteiger partial charge < -0.3 is 5.32 Å². The molecule has 0 radical (unpaired) electrons. The van der Waals surface area contributed by atoms with Gasteiger partial charge in [-0.1, -0.05) is 18.2 Å². The number of rotatable bonds is 6. The molecule has 0 saturated carbocycles. The Bertz CT molecular complexity index is 806. The van der Waals surface area contributed by atoms with Gasteiger partial charge in [0.25, 0.3) is 0 Å². The van der Waals surface area contributed by atoms with Gasteiger partial charge in [-0.3, -0.25) is 9.69 Å². The quantitative estimate of drug-likeness (QED) is 0.732. The second-order valence-corrected chi connectivity index (χ2v) is 7.64. The summed E-state index contributed by atoms with van der Waals surface area (Å²) in [5.74, 6) is 0.0693. The molecule has 5 heteroatoms. The van der Waals surface area contributed by atoms with Gasteiger partial charge in [0, 0.05) is 16.1 Å². The highest BCUT2D eigenvalue weighted by Gasteiger charge is 2.10. The van der Waals surface area contributed by atoms with Crippen LogP contribution in [-0.2, 0) is 17.9 Å². The van der Waals surface area contributed by atoms with E-state index in [-0.39, 0.29) is 5.91 Å². The molecule has 1 N–H and O–H groups in total. The van der Waals surface area contributed by atoms with E-state index < -0.39 is 0 Å². The predicted molar refractivity (Wildman–Crippen MR) is 99.1 cm³/mol. The number of thiophene rings is 2. The topological polar surface area (TPSA) is 32.3 Å². The highest BCUT2D eigenvalue weighted by Crippen LogP contribution is 2.26. The van der Waals surface area contributed by atoms with Crippen molar-refractivity contribution in [1.82, 2.24) is 10.2 Å². The zero-order valence-electron chi connectivity index (χ0n) is 13.3. The Balaban J connectivity index is 1.53. The minimum Gasteiger partial charge on any atom is -0.350 e. The Morgan fingerprint density at radius 1 is 1.22 bits per heavy atom. The monoisotopic (exact) mass is 344 g/mol. The van der Waals surface area contributed by atoms with Crippen molar-refractivity contribution in [2.24, 2.45) is 0 Å². The second kappa shape index (κ2) is 7.25. The van der Waals surface area contributed by atoms with Crippen LogP contribution >= 0.6 is 22.7 Å². The number of carbonyl (C=O) groups is 1. The van der Waals surface area contributed by atoms with Crippen LogP contribution in [-0.4, -0.2) is 24.4 Å². The molecule has 0 aliphatic carbocycles. The third-order valence-electron chi connectivity index (χ3n) is 3.83. The number of likely N-dealkylation sites (N-methyl/N-ethyl adjacent to an activating group) is 1. The van der Waals surface area contributed by atoms with Gasteiger partial charge in [0.2, 0.25) is 5.91 Å². The zero-order valence-corrected chi connectivity index (χ0v) is 15.0. The van der Waals surface area contributed by atoms with Crippen molar-refractivity contribution in [3.8, 4) is 0 Å². The highest BCUT2D eigenvalue weighted by molar-refractivity contribution is 7.17. The van der Waals surface area contributed by atoms with E-state index in [0.29, 0.717) is 13.1 Å². The number of benzene rings is 1. The molecule has 0 spiro atoms. The molecular formula is C18H20N2OS2. The van der Waals surface area contributed by atoms with Gasteiger partial charge >= 0.3 is 0 Å². The van der Waals surface area contributed by atoms with Crippen molar-refractivity contribution in [2.45, 2.75) is 20.0 Å². The summed E-state index contributed by atoms with van der Waals surface area (Å²) in [5, 5.41) is 8.55. The SMILES string of the molecule is Cc1ccsc1CNC(=O)CN(C)Cc1csc2ccccc12. The average Bonchev–Trinajstić information content (AvgIpc) is 3.12. The first kappa shape index (κ1) is 16.2. The molecule has 0 atom stereocenters. The predicted octanol–water partition coefficient (Wildman–Crippen LogP) is 4.02. The minimum atomic E-state index is 0.0693. The lowest BCUT2D eigenvalue weighted by Gasteiger charge is -2.16. The van der Waals surface area contributed by atoms with Crippen molar-refractivity contribution >= 4 is 38.7 Å². The zero-order chi connectivity index (χ0) is 16.2. The largest absolute Gasteiger partial charge is 0.350 e. The van der Waals surface area contributed by atoms with E-state index in [1.54, 1.807) is 22.7 Å². The average molecular weight is 345 g/mol. The molecule has 0 aliphatic heterocycles. The molecule has 3 nitrogen and oxygen atoms in total. The van der Waals surface area contributed by atoms with Gasteiger partial charge in [-0.15, -0.1) is 22.7 Å². The molecule has 0 bridgehead atoms. The number of carbonyl (C=O) groups excluding carboxylic acids is 1. The molecule has 1 aromatic carbocycles. The first-order valence-corrected chi connectivity index (χ1v) is 9.32. The van der Waals surface area contributed by atoms with Crippen LogP contribution in [0.5, 0.6) is 0 Å². The summed E-state index contributed by atoms with van der Waals surface area (Å²) < 4.78 is 1.30.